The summed E-state index contributed by atoms with van der Waals surface area (Å²) in [6.07, 6.45) is 0.951. The SMILES string of the molecule is C[C@H](c1ccccc1)N1C[C@H]2C(F)(F)CC[C@@]2(C=O)C1. The molecule has 108 valence electrons. The van der Waals surface area contributed by atoms with Gasteiger partial charge in [-0.2, -0.15) is 0 Å². The van der Waals surface area contributed by atoms with Crippen LogP contribution in [0.1, 0.15) is 31.4 Å². The molecule has 0 radical (unpaired) electrons. The van der Waals surface area contributed by atoms with Gasteiger partial charge < -0.3 is 4.79 Å². The maximum absolute atomic E-state index is 14.0. The number of hydrogen-bond acceptors (Lipinski definition) is 2. The minimum Gasteiger partial charge on any atom is -0.303 e. The molecule has 20 heavy (non-hydrogen) atoms. The molecule has 1 saturated carbocycles. The molecule has 0 amide bonds. The zero-order valence-corrected chi connectivity index (χ0v) is 11.6. The van der Waals surface area contributed by atoms with E-state index in [4.69, 9.17) is 0 Å². The van der Waals surface area contributed by atoms with E-state index in [-0.39, 0.29) is 12.5 Å². The van der Waals surface area contributed by atoms with Crippen molar-refractivity contribution in [3.05, 3.63) is 35.9 Å². The van der Waals surface area contributed by atoms with Gasteiger partial charge in [0.1, 0.15) is 6.29 Å². The second-order valence-electron chi connectivity index (χ2n) is 6.18. The average Bonchev–Trinajstić information content (AvgIpc) is 2.96. The van der Waals surface area contributed by atoms with E-state index in [0.29, 0.717) is 19.5 Å². The smallest absolute Gasteiger partial charge is 0.253 e. The lowest BCUT2D eigenvalue weighted by molar-refractivity contribution is -0.120. The minimum atomic E-state index is -2.70. The molecule has 2 aliphatic rings. The summed E-state index contributed by atoms with van der Waals surface area (Å²) in [7, 11) is 0. The van der Waals surface area contributed by atoms with E-state index in [1.807, 2.05) is 42.2 Å². The first kappa shape index (κ1) is 13.7. The molecule has 1 heterocycles. The fraction of sp³-hybridized carbons (Fsp3) is 0.562. The highest BCUT2D eigenvalue weighted by Gasteiger charge is 2.63. The number of hydrogen-bond donors (Lipinski definition) is 0. The van der Waals surface area contributed by atoms with E-state index in [9.17, 15) is 13.6 Å². The Morgan fingerprint density at radius 3 is 2.60 bits per heavy atom. The van der Waals surface area contributed by atoms with Crippen LogP contribution in [0.2, 0.25) is 0 Å². The molecule has 1 aliphatic carbocycles. The van der Waals surface area contributed by atoms with E-state index >= 15 is 0 Å². The Morgan fingerprint density at radius 2 is 2.00 bits per heavy atom. The Balaban J connectivity index is 1.84. The topological polar surface area (TPSA) is 20.3 Å². The van der Waals surface area contributed by atoms with Crippen molar-refractivity contribution in [2.24, 2.45) is 11.3 Å². The summed E-state index contributed by atoms with van der Waals surface area (Å²) in [6, 6.07) is 9.92. The molecule has 0 aromatic heterocycles. The Kier molecular flexibility index (Phi) is 3.16. The lowest BCUT2D eigenvalue weighted by atomic mass is 9.81. The van der Waals surface area contributed by atoms with Crippen LogP contribution in [-0.4, -0.2) is 30.2 Å². The van der Waals surface area contributed by atoms with Gasteiger partial charge in [0, 0.05) is 36.9 Å². The van der Waals surface area contributed by atoms with Crippen molar-refractivity contribution in [3.63, 3.8) is 0 Å². The molecule has 4 heteroatoms. The van der Waals surface area contributed by atoms with Gasteiger partial charge in [0.15, 0.2) is 0 Å². The van der Waals surface area contributed by atoms with E-state index in [1.54, 1.807) is 0 Å². The molecule has 0 unspecified atom stereocenters. The quantitative estimate of drug-likeness (QED) is 0.791. The summed E-state index contributed by atoms with van der Waals surface area (Å²) in [4.78, 5) is 13.5. The highest BCUT2D eigenvalue weighted by atomic mass is 19.3. The van der Waals surface area contributed by atoms with Crippen LogP contribution in [0.3, 0.4) is 0 Å². The first-order valence-corrected chi connectivity index (χ1v) is 7.12. The van der Waals surface area contributed by atoms with E-state index in [0.717, 1.165) is 11.8 Å². The molecule has 2 nitrogen and oxygen atoms in total. The number of likely N-dealkylation sites (tertiary alicyclic amines) is 1. The van der Waals surface area contributed by atoms with Crippen LogP contribution in [-0.2, 0) is 4.79 Å². The number of carbonyl (C=O) groups excluding carboxylic acids is 1. The van der Waals surface area contributed by atoms with Gasteiger partial charge in [-0.1, -0.05) is 30.3 Å². The molecule has 0 bridgehead atoms. The van der Waals surface area contributed by atoms with Crippen molar-refractivity contribution in [2.75, 3.05) is 13.1 Å². The summed E-state index contributed by atoms with van der Waals surface area (Å²) in [5.41, 5.74) is 0.267. The van der Waals surface area contributed by atoms with Gasteiger partial charge in [-0.25, -0.2) is 8.78 Å². The zero-order chi connectivity index (χ0) is 14.4. The monoisotopic (exact) mass is 279 g/mol. The second-order valence-corrected chi connectivity index (χ2v) is 6.18. The Bertz CT molecular complexity index is 504. The molecule has 3 atom stereocenters. The van der Waals surface area contributed by atoms with Crippen LogP contribution < -0.4 is 0 Å². The van der Waals surface area contributed by atoms with Gasteiger partial charge in [0.05, 0.1) is 0 Å². The van der Waals surface area contributed by atoms with Gasteiger partial charge in [-0.15, -0.1) is 0 Å². The van der Waals surface area contributed by atoms with Gasteiger partial charge >= 0.3 is 0 Å². The zero-order valence-electron chi connectivity index (χ0n) is 11.6. The molecule has 1 aromatic carbocycles. The summed E-state index contributed by atoms with van der Waals surface area (Å²) in [6.45, 7) is 2.78. The maximum atomic E-state index is 14.0. The van der Waals surface area contributed by atoms with E-state index < -0.39 is 17.3 Å². The number of aldehydes is 1. The summed E-state index contributed by atoms with van der Waals surface area (Å²) >= 11 is 0. The largest absolute Gasteiger partial charge is 0.303 e. The van der Waals surface area contributed by atoms with Crippen molar-refractivity contribution in [3.8, 4) is 0 Å². The third-order valence-corrected chi connectivity index (χ3v) is 5.11. The van der Waals surface area contributed by atoms with Crippen molar-refractivity contribution >= 4 is 6.29 Å². The highest BCUT2D eigenvalue weighted by molar-refractivity contribution is 5.62. The fourth-order valence-corrected chi connectivity index (χ4v) is 3.77. The Morgan fingerprint density at radius 1 is 1.30 bits per heavy atom. The standard InChI is InChI=1S/C16H19F2NO/c1-12(13-5-3-2-4-6-13)19-9-14-15(10-19,11-20)7-8-16(14,17)18/h2-6,11-12,14H,7-10H2,1H3/t12-,14-,15+/m1/s1. The number of benzene rings is 1. The van der Waals surface area contributed by atoms with Gasteiger partial charge in [-0.05, 0) is 18.9 Å². The van der Waals surface area contributed by atoms with E-state index in [2.05, 4.69) is 0 Å². The molecular formula is C16H19F2NO. The first-order valence-electron chi connectivity index (χ1n) is 7.12. The first-order chi connectivity index (χ1) is 9.48. The average molecular weight is 279 g/mol. The van der Waals surface area contributed by atoms with Crippen LogP contribution in [0.25, 0.3) is 0 Å². The molecular weight excluding hydrogens is 260 g/mol. The molecule has 0 spiro atoms. The van der Waals surface area contributed by atoms with Gasteiger partial charge in [0.2, 0.25) is 0 Å². The van der Waals surface area contributed by atoms with Crippen molar-refractivity contribution in [2.45, 2.75) is 31.7 Å². The van der Waals surface area contributed by atoms with Gasteiger partial charge in [-0.3, -0.25) is 4.90 Å². The third-order valence-electron chi connectivity index (χ3n) is 5.11. The van der Waals surface area contributed by atoms with Crippen LogP contribution >= 0.6 is 0 Å². The summed E-state index contributed by atoms with van der Waals surface area (Å²) in [5, 5.41) is 0. The van der Waals surface area contributed by atoms with Crippen molar-refractivity contribution in [1.29, 1.82) is 0 Å². The minimum absolute atomic E-state index is 0.0643. The summed E-state index contributed by atoms with van der Waals surface area (Å²) < 4.78 is 28.0. The van der Waals surface area contributed by atoms with Crippen LogP contribution in [0.4, 0.5) is 8.78 Å². The molecule has 2 fully saturated rings. The number of halogens is 2. The molecule has 1 aromatic rings. The predicted molar refractivity (Wildman–Crippen MR) is 72.6 cm³/mol. The Hall–Kier alpha value is -1.29. The lowest BCUT2D eigenvalue weighted by Crippen LogP contribution is -2.33. The van der Waals surface area contributed by atoms with E-state index in [1.165, 1.54) is 0 Å². The van der Waals surface area contributed by atoms with Gasteiger partial charge in [0.25, 0.3) is 5.92 Å². The van der Waals surface area contributed by atoms with Crippen molar-refractivity contribution < 1.29 is 13.6 Å². The summed E-state index contributed by atoms with van der Waals surface area (Å²) in [5.74, 6) is -3.52. The number of rotatable bonds is 3. The molecule has 1 aliphatic heterocycles. The Labute approximate surface area is 117 Å². The number of alkyl halides is 2. The highest BCUT2D eigenvalue weighted by Crippen LogP contribution is 2.56. The maximum Gasteiger partial charge on any atom is 0.253 e. The third kappa shape index (κ3) is 1.97. The number of fused-ring (bicyclic) bond motifs is 1. The fourth-order valence-electron chi connectivity index (χ4n) is 3.77. The van der Waals surface area contributed by atoms with Crippen LogP contribution in [0.5, 0.6) is 0 Å². The lowest BCUT2D eigenvalue weighted by Gasteiger charge is -2.27. The van der Waals surface area contributed by atoms with Crippen LogP contribution in [0, 0.1) is 11.3 Å². The second kappa shape index (κ2) is 4.62. The number of nitrogens with zero attached hydrogens (tertiary/aromatic N) is 1. The van der Waals surface area contributed by atoms with Crippen molar-refractivity contribution in [1.82, 2.24) is 4.90 Å². The predicted octanol–water partition coefficient (Wildman–Crippen LogP) is 3.29. The molecule has 1 saturated heterocycles. The molecule has 0 N–H and O–H groups in total. The van der Waals surface area contributed by atoms with Crippen LogP contribution in [0.15, 0.2) is 30.3 Å². The molecule has 3 rings (SSSR count). The normalized spacial score (nSPS) is 33.9. The number of carbonyl (C=O) groups is 1.